The number of hydrogen-bond acceptors (Lipinski definition) is 4. The van der Waals surface area contributed by atoms with Crippen molar-refractivity contribution < 1.29 is 12.8 Å². The van der Waals surface area contributed by atoms with Crippen molar-refractivity contribution in [3.63, 3.8) is 0 Å². The summed E-state index contributed by atoms with van der Waals surface area (Å²) in [5.41, 5.74) is 1.54. The van der Waals surface area contributed by atoms with Crippen LogP contribution < -0.4 is 10.0 Å². The van der Waals surface area contributed by atoms with Crippen LogP contribution in [0.4, 0.5) is 0 Å². The van der Waals surface area contributed by atoms with E-state index in [2.05, 4.69) is 10.0 Å². The molecule has 0 amide bonds. The van der Waals surface area contributed by atoms with Crippen LogP contribution in [-0.4, -0.2) is 14.5 Å². The van der Waals surface area contributed by atoms with Crippen LogP contribution in [0.5, 0.6) is 0 Å². The van der Waals surface area contributed by atoms with E-state index >= 15 is 0 Å². The number of furan rings is 1. The molecule has 6 heteroatoms. The van der Waals surface area contributed by atoms with Gasteiger partial charge in [0.25, 0.3) is 0 Å². The van der Waals surface area contributed by atoms with E-state index in [0.29, 0.717) is 17.5 Å². The molecule has 2 rings (SSSR count). The Morgan fingerprint density at radius 2 is 1.90 bits per heavy atom. The second kappa shape index (κ2) is 6.89. The van der Waals surface area contributed by atoms with E-state index in [1.54, 1.807) is 18.2 Å². The summed E-state index contributed by atoms with van der Waals surface area (Å²) in [5.74, 6) is 0. The molecule has 0 aliphatic rings. The highest BCUT2D eigenvalue weighted by molar-refractivity contribution is 7.89. The topological polar surface area (TPSA) is 71.3 Å². The Morgan fingerprint density at radius 1 is 1.14 bits per heavy atom. The lowest BCUT2D eigenvalue weighted by Gasteiger charge is -2.13. The molecular formula is C15H20N2O3S. The van der Waals surface area contributed by atoms with E-state index in [1.807, 2.05) is 26.0 Å². The zero-order valence-corrected chi connectivity index (χ0v) is 13.0. The second-order valence-electron chi connectivity index (χ2n) is 5.10. The van der Waals surface area contributed by atoms with Gasteiger partial charge in [0.05, 0.1) is 17.4 Å². The van der Waals surface area contributed by atoms with Gasteiger partial charge in [-0.3, -0.25) is 0 Å². The quantitative estimate of drug-likeness (QED) is 0.823. The van der Waals surface area contributed by atoms with E-state index in [1.165, 1.54) is 12.5 Å². The summed E-state index contributed by atoms with van der Waals surface area (Å²) in [6, 6.07) is 9.03. The van der Waals surface area contributed by atoms with Crippen molar-refractivity contribution >= 4 is 10.0 Å². The summed E-state index contributed by atoms with van der Waals surface area (Å²) in [6.45, 7) is 4.77. The molecule has 0 spiro atoms. The molecule has 2 N–H and O–H groups in total. The Kier molecular flexibility index (Phi) is 5.17. The van der Waals surface area contributed by atoms with E-state index in [4.69, 9.17) is 4.42 Å². The first kappa shape index (κ1) is 15.8. The first-order valence-corrected chi connectivity index (χ1v) is 8.29. The van der Waals surface area contributed by atoms with Gasteiger partial charge in [-0.15, -0.1) is 0 Å². The lowest BCUT2D eigenvalue weighted by molar-refractivity contribution is 0.559. The summed E-state index contributed by atoms with van der Waals surface area (Å²) in [4.78, 5) is 0.307. The number of rotatable bonds is 7. The van der Waals surface area contributed by atoms with Gasteiger partial charge in [0, 0.05) is 24.7 Å². The summed E-state index contributed by atoms with van der Waals surface area (Å²) >= 11 is 0. The molecule has 0 aliphatic heterocycles. The van der Waals surface area contributed by atoms with Gasteiger partial charge in [-0.1, -0.05) is 32.0 Å². The summed E-state index contributed by atoms with van der Waals surface area (Å²) in [5, 5.41) is 3.24. The zero-order valence-electron chi connectivity index (χ0n) is 12.2. The summed E-state index contributed by atoms with van der Waals surface area (Å²) in [7, 11) is -3.55. The van der Waals surface area contributed by atoms with Gasteiger partial charge in [-0.25, -0.2) is 13.1 Å². The van der Waals surface area contributed by atoms with Crippen LogP contribution in [0, 0.1) is 0 Å². The molecule has 0 saturated carbocycles. The molecule has 0 fully saturated rings. The molecule has 0 radical (unpaired) electrons. The van der Waals surface area contributed by atoms with Gasteiger partial charge < -0.3 is 9.73 Å². The van der Waals surface area contributed by atoms with E-state index < -0.39 is 10.0 Å². The van der Waals surface area contributed by atoms with Crippen LogP contribution in [0.25, 0.3) is 0 Å². The highest BCUT2D eigenvalue weighted by atomic mass is 32.2. The van der Waals surface area contributed by atoms with Crippen LogP contribution in [-0.2, 0) is 23.1 Å². The maximum atomic E-state index is 12.4. The fourth-order valence-electron chi connectivity index (χ4n) is 1.88. The molecule has 0 unspecified atom stereocenters. The Hall–Kier alpha value is -1.63. The number of hydrogen-bond donors (Lipinski definition) is 2. The smallest absolute Gasteiger partial charge is 0.241 e. The first-order chi connectivity index (χ1) is 9.99. The van der Waals surface area contributed by atoms with Crippen molar-refractivity contribution in [1.82, 2.24) is 10.0 Å². The molecule has 1 aromatic carbocycles. The van der Waals surface area contributed by atoms with Crippen LogP contribution in [0.1, 0.15) is 25.0 Å². The largest absolute Gasteiger partial charge is 0.472 e. The minimum absolute atomic E-state index is 0.213. The molecule has 1 aromatic heterocycles. The van der Waals surface area contributed by atoms with Crippen molar-refractivity contribution in [3.8, 4) is 0 Å². The maximum Gasteiger partial charge on any atom is 0.241 e. The molecule has 1 heterocycles. The van der Waals surface area contributed by atoms with E-state index in [-0.39, 0.29) is 6.54 Å². The Bertz CT molecular complexity index is 664. The van der Waals surface area contributed by atoms with Crippen LogP contribution in [0.15, 0.2) is 52.2 Å². The van der Waals surface area contributed by atoms with Crippen LogP contribution in [0.3, 0.4) is 0 Å². The SMILES string of the molecule is CC(C)NCc1ccccc1S(=O)(=O)NCc1ccoc1. The zero-order chi connectivity index (χ0) is 15.3. The fourth-order valence-corrected chi connectivity index (χ4v) is 3.13. The molecule has 0 bridgehead atoms. The average Bonchev–Trinajstić information content (AvgIpc) is 2.97. The predicted octanol–water partition coefficient (Wildman–Crippen LogP) is 2.26. The number of benzene rings is 1. The molecule has 2 aromatic rings. The highest BCUT2D eigenvalue weighted by Gasteiger charge is 2.17. The summed E-state index contributed by atoms with van der Waals surface area (Å²) < 4.78 is 32.4. The van der Waals surface area contributed by atoms with Crippen LogP contribution >= 0.6 is 0 Å². The molecule has 0 aliphatic carbocycles. The Labute approximate surface area is 125 Å². The van der Waals surface area contributed by atoms with Crippen molar-refractivity contribution in [3.05, 3.63) is 54.0 Å². The molecule has 0 saturated heterocycles. The number of nitrogens with one attached hydrogen (secondary N) is 2. The molecule has 5 nitrogen and oxygen atoms in total. The minimum atomic E-state index is -3.55. The molecular weight excluding hydrogens is 288 g/mol. The third-order valence-corrected chi connectivity index (χ3v) is 4.51. The lowest BCUT2D eigenvalue weighted by atomic mass is 10.2. The normalized spacial score (nSPS) is 12.0. The first-order valence-electron chi connectivity index (χ1n) is 6.81. The Morgan fingerprint density at radius 3 is 2.57 bits per heavy atom. The predicted molar refractivity (Wildman–Crippen MR) is 81.2 cm³/mol. The fraction of sp³-hybridized carbons (Fsp3) is 0.333. The van der Waals surface area contributed by atoms with Gasteiger partial charge in [0.1, 0.15) is 0 Å². The van der Waals surface area contributed by atoms with Crippen molar-refractivity contribution in [1.29, 1.82) is 0 Å². The molecule has 21 heavy (non-hydrogen) atoms. The third kappa shape index (κ3) is 4.42. The maximum absolute atomic E-state index is 12.4. The van der Waals surface area contributed by atoms with Gasteiger partial charge in [-0.05, 0) is 17.7 Å². The highest BCUT2D eigenvalue weighted by Crippen LogP contribution is 2.16. The number of sulfonamides is 1. The molecule has 114 valence electrons. The van der Waals surface area contributed by atoms with Crippen molar-refractivity contribution in [2.45, 2.75) is 37.9 Å². The van der Waals surface area contributed by atoms with E-state index in [9.17, 15) is 8.42 Å². The van der Waals surface area contributed by atoms with Gasteiger partial charge in [0.15, 0.2) is 0 Å². The van der Waals surface area contributed by atoms with Gasteiger partial charge in [-0.2, -0.15) is 0 Å². The summed E-state index contributed by atoms with van der Waals surface area (Å²) in [6.07, 6.45) is 3.04. The second-order valence-corrected chi connectivity index (χ2v) is 6.83. The average molecular weight is 308 g/mol. The van der Waals surface area contributed by atoms with Gasteiger partial charge in [0.2, 0.25) is 10.0 Å². The van der Waals surface area contributed by atoms with Crippen molar-refractivity contribution in [2.24, 2.45) is 0 Å². The monoisotopic (exact) mass is 308 g/mol. The minimum Gasteiger partial charge on any atom is -0.472 e. The Balaban J connectivity index is 2.15. The van der Waals surface area contributed by atoms with Gasteiger partial charge >= 0.3 is 0 Å². The molecule has 0 atom stereocenters. The van der Waals surface area contributed by atoms with E-state index in [0.717, 1.165) is 11.1 Å². The standard InChI is InChI=1S/C15H20N2O3S/c1-12(2)16-10-14-5-3-4-6-15(14)21(18,19)17-9-13-7-8-20-11-13/h3-8,11-12,16-17H,9-10H2,1-2H3. The van der Waals surface area contributed by atoms with Crippen LogP contribution in [0.2, 0.25) is 0 Å². The lowest BCUT2D eigenvalue weighted by Crippen LogP contribution is -2.27. The third-order valence-electron chi connectivity index (χ3n) is 3.01. The van der Waals surface area contributed by atoms with Crippen molar-refractivity contribution in [2.75, 3.05) is 0 Å².